The van der Waals surface area contributed by atoms with E-state index in [9.17, 15) is 13.2 Å². The quantitative estimate of drug-likeness (QED) is 0.686. The lowest BCUT2D eigenvalue weighted by atomic mass is 10.3. The van der Waals surface area contributed by atoms with Gasteiger partial charge in [-0.15, -0.1) is 0 Å². The smallest absolute Gasteiger partial charge is 0.243 e. The molecule has 0 saturated carbocycles. The Morgan fingerprint density at radius 2 is 1.70 bits per heavy atom. The van der Waals surface area contributed by atoms with Gasteiger partial charge in [0.05, 0.1) is 30.8 Å². The highest BCUT2D eigenvalue weighted by Crippen LogP contribution is 2.24. The van der Waals surface area contributed by atoms with Gasteiger partial charge in [-0.25, -0.2) is 8.42 Å². The van der Waals surface area contributed by atoms with Crippen molar-refractivity contribution in [1.29, 1.82) is 0 Å². The van der Waals surface area contributed by atoms with Crippen LogP contribution in [-0.2, 0) is 14.8 Å². The molecule has 1 aliphatic heterocycles. The van der Waals surface area contributed by atoms with Gasteiger partial charge in [0.2, 0.25) is 15.9 Å². The van der Waals surface area contributed by atoms with Gasteiger partial charge in [0.25, 0.3) is 0 Å². The fraction of sp³-hybridized carbons (Fsp3) is 0.381. The van der Waals surface area contributed by atoms with Crippen LogP contribution in [0.2, 0.25) is 0 Å². The first-order chi connectivity index (χ1) is 14.4. The van der Waals surface area contributed by atoms with Crippen molar-refractivity contribution < 1.29 is 22.7 Å². The summed E-state index contributed by atoms with van der Waals surface area (Å²) in [6, 6.07) is 13.6. The molecule has 0 aliphatic carbocycles. The van der Waals surface area contributed by atoms with Crippen molar-refractivity contribution in [3.05, 3.63) is 48.5 Å². The van der Waals surface area contributed by atoms with Crippen LogP contribution in [0.15, 0.2) is 53.4 Å². The first kappa shape index (κ1) is 22.1. The van der Waals surface area contributed by atoms with Crippen LogP contribution < -0.4 is 14.8 Å². The van der Waals surface area contributed by atoms with E-state index in [-0.39, 0.29) is 17.3 Å². The largest absolute Gasteiger partial charge is 0.497 e. The number of anilines is 1. The predicted molar refractivity (Wildman–Crippen MR) is 114 cm³/mol. The minimum Gasteiger partial charge on any atom is -0.497 e. The molecule has 1 saturated heterocycles. The number of amides is 1. The summed E-state index contributed by atoms with van der Waals surface area (Å²) in [6.45, 7) is 4.21. The van der Waals surface area contributed by atoms with Gasteiger partial charge < -0.3 is 14.8 Å². The number of benzene rings is 2. The SMILES string of the molecule is CCOc1ccccc1NC(=O)CN1CCN(S(=O)(=O)c2ccc(OC)cc2)CC1. The number of carbonyl (C=O) groups is 1. The molecule has 1 heterocycles. The standard InChI is InChI=1S/C21H27N3O5S/c1-3-29-20-7-5-4-6-19(20)22-21(25)16-23-12-14-24(15-13-23)30(26,27)18-10-8-17(28-2)9-11-18/h4-11H,3,12-16H2,1-2H3,(H,22,25). The maximum absolute atomic E-state index is 12.8. The van der Waals surface area contributed by atoms with Crippen molar-refractivity contribution in [2.75, 3.05) is 51.8 Å². The molecule has 1 amide bonds. The van der Waals surface area contributed by atoms with Crippen LogP contribution in [0.5, 0.6) is 11.5 Å². The normalized spacial score (nSPS) is 15.5. The van der Waals surface area contributed by atoms with Gasteiger partial charge in [-0.2, -0.15) is 4.31 Å². The van der Waals surface area contributed by atoms with E-state index in [1.54, 1.807) is 30.3 Å². The molecule has 2 aromatic carbocycles. The second-order valence-corrected chi connectivity index (χ2v) is 8.77. The zero-order valence-corrected chi connectivity index (χ0v) is 18.0. The second-order valence-electron chi connectivity index (χ2n) is 6.83. The summed E-state index contributed by atoms with van der Waals surface area (Å²) >= 11 is 0. The number of rotatable bonds is 8. The van der Waals surface area contributed by atoms with Gasteiger partial charge >= 0.3 is 0 Å². The molecule has 0 unspecified atom stereocenters. The molecule has 30 heavy (non-hydrogen) atoms. The zero-order valence-electron chi connectivity index (χ0n) is 17.2. The van der Waals surface area contributed by atoms with Gasteiger partial charge in [-0.1, -0.05) is 12.1 Å². The van der Waals surface area contributed by atoms with Crippen molar-refractivity contribution >= 4 is 21.6 Å². The van der Waals surface area contributed by atoms with Crippen LogP contribution in [0.3, 0.4) is 0 Å². The van der Waals surface area contributed by atoms with Crippen LogP contribution >= 0.6 is 0 Å². The maximum atomic E-state index is 12.8. The predicted octanol–water partition coefficient (Wildman–Crippen LogP) is 2.04. The molecule has 1 fully saturated rings. The van der Waals surface area contributed by atoms with Crippen LogP contribution in [0.4, 0.5) is 5.69 Å². The summed E-state index contributed by atoms with van der Waals surface area (Å²) in [5, 5.41) is 2.87. The molecule has 3 rings (SSSR count). The highest BCUT2D eigenvalue weighted by Gasteiger charge is 2.29. The van der Waals surface area contributed by atoms with E-state index in [4.69, 9.17) is 9.47 Å². The molecule has 1 N–H and O–H groups in total. The molecular weight excluding hydrogens is 406 g/mol. The van der Waals surface area contributed by atoms with Crippen LogP contribution in [-0.4, -0.2) is 70.0 Å². The number of hydrogen-bond donors (Lipinski definition) is 1. The van der Waals surface area contributed by atoms with Crippen molar-refractivity contribution in [2.24, 2.45) is 0 Å². The van der Waals surface area contributed by atoms with Crippen LogP contribution in [0.25, 0.3) is 0 Å². The highest BCUT2D eigenvalue weighted by atomic mass is 32.2. The summed E-state index contributed by atoms with van der Waals surface area (Å²) in [6.07, 6.45) is 0. The Labute approximate surface area is 177 Å². The van der Waals surface area contributed by atoms with Crippen LogP contribution in [0, 0.1) is 0 Å². The molecule has 0 atom stereocenters. The molecule has 2 aromatic rings. The fourth-order valence-electron chi connectivity index (χ4n) is 3.27. The number of hydrogen-bond acceptors (Lipinski definition) is 6. The minimum absolute atomic E-state index is 0.159. The number of carbonyl (C=O) groups excluding carboxylic acids is 1. The number of nitrogens with one attached hydrogen (secondary N) is 1. The molecule has 0 bridgehead atoms. The van der Waals surface area contributed by atoms with E-state index < -0.39 is 10.0 Å². The Morgan fingerprint density at radius 3 is 2.33 bits per heavy atom. The topological polar surface area (TPSA) is 88.2 Å². The Bertz CT molecular complexity index is 955. The zero-order chi connectivity index (χ0) is 21.6. The minimum atomic E-state index is -3.57. The summed E-state index contributed by atoms with van der Waals surface area (Å²) in [7, 11) is -2.03. The summed E-state index contributed by atoms with van der Waals surface area (Å²) < 4.78 is 37.7. The van der Waals surface area contributed by atoms with Gasteiger partial charge in [0.1, 0.15) is 11.5 Å². The lowest BCUT2D eigenvalue weighted by Gasteiger charge is -2.33. The van der Waals surface area contributed by atoms with E-state index in [2.05, 4.69) is 5.32 Å². The molecule has 0 aromatic heterocycles. The Kier molecular flexibility index (Phi) is 7.30. The second kappa shape index (κ2) is 9.92. The number of methoxy groups -OCH3 is 1. The average Bonchev–Trinajstić information content (AvgIpc) is 2.75. The summed E-state index contributed by atoms with van der Waals surface area (Å²) in [5.74, 6) is 1.08. The maximum Gasteiger partial charge on any atom is 0.243 e. The first-order valence-corrected chi connectivity index (χ1v) is 11.3. The molecule has 0 spiro atoms. The number of nitrogens with zero attached hydrogens (tertiary/aromatic N) is 2. The van der Waals surface area contributed by atoms with E-state index >= 15 is 0 Å². The van der Waals surface area contributed by atoms with Gasteiger partial charge in [0.15, 0.2) is 0 Å². The highest BCUT2D eigenvalue weighted by molar-refractivity contribution is 7.89. The number of para-hydroxylation sites is 2. The first-order valence-electron chi connectivity index (χ1n) is 9.82. The third-order valence-electron chi connectivity index (χ3n) is 4.86. The lowest BCUT2D eigenvalue weighted by Crippen LogP contribution is -2.50. The third-order valence-corrected chi connectivity index (χ3v) is 6.77. The average molecular weight is 434 g/mol. The van der Waals surface area contributed by atoms with Gasteiger partial charge in [-0.05, 0) is 43.3 Å². The monoisotopic (exact) mass is 433 g/mol. The number of ether oxygens (including phenoxy) is 2. The van der Waals surface area contributed by atoms with E-state index in [0.717, 1.165) is 0 Å². The van der Waals surface area contributed by atoms with Crippen molar-refractivity contribution in [1.82, 2.24) is 9.21 Å². The Balaban J connectivity index is 1.54. The van der Waals surface area contributed by atoms with Crippen LogP contribution in [0.1, 0.15) is 6.92 Å². The molecule has 162 valence electrons. The lowest BCUT2D eigenvalue weighted by molar-refractivity contribution is -0.117. The summed E-state index contributed by atoms with van der Waals surface area (Å²) in [4.78, 5) is 14.6. The van der Waals surface area contributed by atoms with E-state index in [0.29, 0.717) is 50.0 Å². The molecule has 9 heteroatoms. The number of sulfonamides is 1. The fourth-order valence-corrected chi connectivity index (χ4v) is 4.69. The van der Waals surface area contributed by atoms with Gasteiger partial charge in [0, 0.05) is 26.2 Å². The summed E-state index contributed by atoms with van der Waals surface area (Å²) in [5.41, 5.74) is 0.630. The van der Waals surface area contributed by atoms with Crippen molar-refractivity contribution in [3.63, 3.8) is 0 Å². The number of piperazine rings is 1. The Hall–Kier alpha value is -2.62. The molecule has 0 radical (unpaired) electrons. The molecule has 1 aliphatic rings. The molecule has 8 nitrogen and oxygen atoms in total. The van der Waals surface area contributed by atoms with Crippen molar-refractivity contribution in [2.45, 2.75) is 11.8 Å². The van der Waals surface area contributed by atoms with E-state index in [1.807, 2.05) is 30.0 Å². The van der Waals surface area contributed by atoms with Crippen molar-refractivity contribution in [3.8, 4) is 11.5 Å². The molecular formula is C21H27N3O5S. The Morgan fingerprint density at radius 1 is 1.03 bits per heavy atom. The van der Waals surface area contributed by atoms with Gasteiger partial charge in [-0.3, -0.25) is 9.69 Å². The van der Waals surface area contributed by atoms with E-state index in [1.165, 1.54) is 11.4 Å². The third kappa shape index (κ3) is 5.29.